The summed E-state index contributed by atoms with van der Waals surface area (Å²) in [5.41, 5.74) is 1.61. The number of aromatic nitrogens is 3. The molecule has 0 aliphatic carbocycles. The van der Waals surface area contributed by atoms with Crippen LogP contribution in [0.5, 0.6) is 0 Å². The van der Waals surface area contributed by atoms with Crippen LogP contribution in [0, 0.1) is 0 Å². The van der Waals surface area contributed by atoms with Crippen molar-refractivity contribution in [2.45, 2.75) is 14.7 Å². The molecule has 0 spiro atoms. The molecular weight excluding hydrogens is 502 g/mol. The summed E-state index contributed by atoms with van der Waals surface area (Å²) in [7, 11) is 0. The summed E-state index contributed by atoms with van der Waals surface area (Å²) in [5.74, 6) is -0.476. The minimum atomic E-state index is -1.14. The van der Waals surface area contributed by atoms with Gasteiger partial charge in [0.25, 0.3) is 5.22 Å². The number of thioether (sulfide) groups is 1. The number of aliphatic carboxylic acids is 1. The van der Waals surface area contributed by atoms with Crippen LogP contribution in [0.1, 0.15) is 5.76 Å². The number of carboxylic acid groups (broad SMARTS) is 1. The van der Waals surface area contributed by atoms with Crippen LogP contribution < -0.4 is 0 Å². The van der Waals surface area contributed by atoms with Crippen molar-refractivity contribution in [1.82, 2.24) is 15.2 Å². The van der Waals surface area contributed by atoms with Crippen molar-refractivity contribution in [3.8, 4) is 11.5 Å². The molecule has 33 heavy (non-hydrogen) atoms. The second-order valence-corrected chi connectivity index (χ2v) is 10.2. The van der Waals surface area contributed by atoms with Crippen LogP contribution in [-0.4, -0.2) is 26.3 Å². The van der Waals surface area contributed by atoms with E-state index in [-0.39, 0.29) is 16.0 Å². The quantitative estimate of drug-likeness (QED) is 0.182. The molecule has 7 nitrogen and oxygen atoms in total. The minimum Gasteiger partial charge on any atom is -0.477 e. The highest BCUT2D eigenvalue weighted by molar-refractivity contribution is 8.03. The lowest BCUT2D eigenvalue weighted by molar-refractivity contribution is -0.131. The lowest BCUT2D eigenvalue weighted by atomic mass is 10.2. The Hall–Kier alpha value is -3.05. The molecule has 2 aromatic carbocycles. The van der Waals surface area contributed by atoms with Crippen molar-refractivity contribution in [3.05, 3.63) is 76.4 Å². The standard InChI is InChI=1S/C22H12ClN3O4S3/c23-13-7-5-12(6-8-13)19-25-26-21(30-19)31-17(20(27)28)11-14-9-10-18(29-14)33-22-24-15-3-1-2-4-16(15)32-22/h1-11H,(H,27,28)/b17-11-. The van der Waals surface area contributed by atoms with E-state index in [2.05, 4.69) is 15.2 Å². The number of carbonyl (C=O) groups is 1. The van der Waals surface area contributed by atoms with Crippen molar-refractivity contribution in [3.63, 3.8) is 0 Å². The number of thiazole rings is 1. The van der Waals surface area contributed by atoms with Gasteiger partial charge in [-0.15, -0.1) is 21.5 Å². The molecule has 0 saturated heterocycles. The Morgan fingerprint density at radius 2 is 1.85 bits per heavy atom. The molecule has 0 atom stereocenters. The van der Waals surface area contributed by atoms with Gasteiger partial charge in [0, 0.05) is 16.7 Å². The fourth-order valence-corrected chi connectivity index (χ4v) is 5.51. The molecule has 0 aliphatic heterocycles. The van der Waals surface area contributed by atoms with Gasteiger partial charge in [0.15, 0.2) is 9.43 Å². The highest BCUT2D eigenvalue weighted by Gasteiger charge is 2.17. The van der Waals surface area contributed by atoms with Crippen LogP contribution >= 0.6 is 46.5 Å². The van der Waals surface area contributed by atoms with Crippen LogP contribution in [0.15, 0.2) is 89.1 Å². The number of hydrogen-bond acceptors (Lipinski definition) is 9. The molecule has 3 aromatic heterocycles. The summed E-state index contributed by atoms with van der Waals surface area (Å²) >= 11 is 9.69. The van der Waals surface area contributed by atoms with Crippen LogP contribution in [0.25, 0.3) is 27.7 Å². The first-order chi connectivity index (χ1) is 16.0. The van der Waals surface area contributed by atoms with Gasteiger partial charge in [-0.2, -0.15) is 0 Å². The summed E-state index contributed by atoms with van der Waals surface area (Å²) in [6, 6.07) is 18.3. The number of carboxylic acids is 1. The Balaban J connectivity index is 1.32. The van der Waals surface area contributed by atoms with Crippen molar-refractivity contribution in [2.24, 2.45) is 0 Å². The van der Waals surface area contributed by atoms with E-state index in [0.717, 1.165) is 26.3 Å². The number of benzene rings is 2. The molecule has 0 unspecified atom stereocenters. The maximum atomic E-state index is 11.8. The van der Waals surface area contributed by atoms with Gasteiger partial charge in [-0.05, 0) is 72.1 Å². The van der Waals surface area contributed by atoms with Gasteiger partial charge in [0.1, 0.15) is 10.7 Å². The lowest BCUT2D eigenvalue weighted by Gasteiger charge is -1.97. The third kappa shape index (κ3) is 5.14. The Kier molecular flexibility index (Phi) is 6.23. The zero-order valence-corrected chi connectivity index (χ0v) is 19.7. The molecule has 3 heterocycles. The summed E-state index contributed by atoms with van der Waals surface area (Å²) in [4.78, 5) is 16.3. The van der Waals surface area contributed by atoms with Gasteiger partial charge < -0.3 is 13.9 Å². The molecule has 0 saturated carbocycles. The summed E-state index contributed by atoms with van der Waals surface area (Å²) in [6.45, 7) is 0. The van der Waals surface area contributed by atoms with Crippen molar-refractivity contribution in [1.29, 1.82) is 0 Å². The molecule has 5 aromatic rings. The first-order valence-electron chi connectivity index (χ1n) is 9.39. The molecule has 0 bridgehead atoms. The first kappa shape index (κ1) is 21.8. The number of hydrogen-bond donors (Lipinski definition) is 1. The van der Waals surface area contributed by atoms with Crippen molar-refractivity contribution >= 4 is 68.7 Å². The van der Waals surface area contributed by atoms with Crippen molar-refractivity contribution < 1.29 is 18.7 Å². The van der Waals surface area contributed by atoms with Gasteiger partial charge in [0.2, 0.25) is 5.89 Å². The highest BCUT2D eigenvalue weighted by atomic mass is 35.5. The van der Waals surface area contributed by atoms with E-state index in [1.165, 1.54) is 17.8 Å². The Bertz CT molecular complexity index is 1440. The molecule has 5 rings (SSSR count). The number of nitrogens with zero attached hydrogens (tertiary/aromatic N) is 3. The second kappa shape index (κ2) is 9.44. The molecule has 1 N–H and O–H groups in total. The van der Waals surface area contributed by atoms with E-state index in [1.54, 1.807) is 47.7 Å². The Morgan fingerprint density at radius 1 is 1.03 bits per heavy atom. The summed E-state index contributed by atoms with van der Waals surface area (Å²) in [5, 5.41) is 18.8. The number of halogens is 1. The zero-order chi connectivity index (χ0) is 22.8. The van der Waals surface area contributed by atoms with E-state index in [4.69, 9.17) is 20.4 Å². The highest BCUT2D eigenvalue weighted by Crippen LogP contribution is 2.36. The molecule has 164 valence electrons. The summed E-state index contributed by atoms with van der Waals surface area (Å²) in [6.07, 6.45) is 1.42. The second-order valence-electron chi connectivity index (χ2n) is 6.50. The predicted octanol–water partition coefficient (Wildman–Crippen LogP) is 6.96. The average Bonchev–Trinajstić information content (AvgIpc) is 3.54. The third-order valence-corrected chi connectivity index (χ3v) is 7.36. The Labute approximate surface area is 204 Å². The topological polar surface area (TPSA) is 102 Å². The van der Waals surface area contributed by atoms with E-state index in [9.17, 15) is 9.90 Å². The van der Waals surface area contributed by atoms with Crippen LogP contribution in [-0.2, 0) is 4.79 Å². The number of rotatable bonds is 7. The van der Waals surface area contributed by atoms with Gasteiger partial charge in [-0.25, -0.2) is 9.78 Å². The average molecular weight is 514 g/mol. The molecule has 0 aliphatic rings. The zero-order valence-electron chi connectivity index (χ0n) is 16.5. The first-order valence-corrected chi connectivity index (χ1v) is 12.2. The SMILES string of the molecule is O=C(O)/C(=C/c1ccc(Sc2nc3ccccc3s2)o1)Sc1nnc(-c2ccc(Cl)cc2)o1. The lowest BCUT2D eigenvalue weighted by Crippen LogP contribution is -1.96. The Morgan fingerprint density at radius 3 is 2.64 bits per heavy atom. The molecular formula is C22H12ClN3O4S3. The number of furan rings is 1. The van der Waals surface area contributed by atoms with Crippen molar-refractivity contribution in [2.75, 3.05) is 0 Å². The van der Waals surface area contributed by atoms with Gasteiger partial charge in [-0.3, -0.25) is 0 Å². The third-order valence-electron chi connectivity index (χ3n) is 4.24. The van der Waals surface area contributed by atoms with E-state index >= 15 is 0 Å². The van der Waals surface area contributed by atoms with Gasteiger partial charge in [0.05, 0.1) is 10.2 Å². The molecule has 0 radical (unpaired) electrons. The van der Waals surface area contributed by atoms with Gasteiger partial charge >= 0.3 is 5.97 Å². The predicted molar refractivity (Wildman–Crippen MR) is 129 cm³/mol. The fraction of sp³-hybridized carbons (Fsp3) is 0. The maximum absolute atomic E-state index is 11.8. The monoisotopic (exact) mass is 513 g/mol. The largest absolute Gasteiger partial charge is 0.477 e. The summed E-state index contributed by atoms with van der Waals surface area (Å²) < 4.78 is 13.3. The molecule has 0 fully saturated rings. The normalized spacial score (nSPS) is 11.8. The van der Waals surface area contributed by atoms with Crippen LogP contribution in [0.3, 0.4) is 0 Å². The molecule has 0 amide bonds. The van der Waals surface area contributed by atoms with Gasteiger partial charge in [-0.1, -0.05) is 23.7 Å². The fourth-order valence-electron chi connectivity index (χ4n) is 2.77. The number of para-hydroxylation sites is 1. The number of fused-ring (bicyclic) bond motifs is 1. The van der Waals surface area contributed by atoms with E-state index in [0.29, 0.717) is 21.4 Å². The minimum absolute atomic E-state index is 0.0211. The molecule has 11 heteroatoms. The van der Waals surface area contributed by atoms with E-state index in [1.807, 2.05) is 24.3 Å². The van der Waals surface area contributed by atoms with Crippen LogP contribution in [0.2, 0.25) is 5.02 Å². The van der Waals surface area contributed by atoms with Crippen LogP contribution in [0.4, 0.5) is 0 Å². The van der Waals surface area contributed by atoms with E-state index < -0.39 is 5.97 Å². The maximum Gasteiger partial charge on any atom is 0.342 e. The smallest absolute Gasteiger partial charge is 0.342 e.